The van der Waals surface area contributed by atoms with Crippen LogP contribution in [0.25, 0.3) is 10.8 Å². The average Bonchev–Trinajstić information content (AvgIpc) is 2.60. The molecule has 3 nitrogen and oxygen atoms in total. The van der Waals surface area contributed by atoms with Crippen molar-refractivity contribution in [2.75, 3.05) is 0 Å². The molecule has 0 spiro atoms. The Morgan fingerprint density at radius 2 is 1.48 bits per heavy atom. The molecule has 0 saturated carbocycles. The molecule has 5 heteroatoms. The lowest BCUT2D eigenvalue weighted by molar-refractivity contribution is 0.0947. The minimum atomic E-state index is -0.296. The third-order valence-electron chi connectivity index (χ3n) is 4.00. The average molecular weight is 458 g/mol. The van der Waals surface area contributed by atoms with Gasteiger partial charge in [-0.1, -0.05) is 40.2 Å². The lowest BCUT2D eigenvalue weighted by Gasteiger charge is -2.17. The van der Waals surface area contributed by atoms with E-state index in [1.807, 2.05) is 30.3 Å². The maximum absolute atomic E-state index is 12.8. The van der Waals surface area contributed by atoms with Gasteiger partial charge in [-0.2, -0.15) is 0 Å². The number of allylic oxidation sites excluding steroid dienone is 2. The molecule has 3 aromatic carbocycles. The van der Waals surface area contributed by atoms with Crippen LogP contribution in [0, 0.1) is 0 Å². The third kappa shape index (κ3) is 2.94. The third-order valence-corrected chi connectivity index (χ3v) is 5.11. The highest BCUT2D eigenvalue weighted by Gasteiger charge is 2.28. The summed E-state index contributed by atoms with van der Waals surface area (Å²) in [4.78, 5) is 25.3. The Labute approximate surface area is 160 Å². The maximum atomic E-state index is 12.8. The number of Topliss-reactive ketones (excluding diaryl/α,β-unsaturated/α-hetero) is 1. The van der Waals surface area contributed by atoms with Gasteiger partial charge in [-0.3, -0.25) is 9.59 Å². The fraction of sp³-hybridized carbons (Fsp3) is 0. The van der Waals surface area contributed by atoms with Gasteiger partial charge in [-0.05, 0) is 57.0 Å². The van der Waals surface area contributed by atoms with Crippen molar-refractivity contribution in [2.45, 2.75) is 0 Å². The van der Waals surface area contributed by atoms with Gasteiger partial charge in [-0.25, -0.2) is 0 Å². The van der Waals surface area contributed by atoms with Crippen LogP contribution < -0.4 is 4.74 Å². The largest absolute Gasteiger partial charge is 0.452 e. The van der Waals surface area contributed by atoms with Gasteiger partial charge in [0.1, 0.15) is 5.75 Å². The van der Waals surface area contributed by atoms with E-state index in [0.717, 1.165) is 15.2 Å². The van der Waals surface area contributed by atoms with E-state index in [1.54, 1.807) is 24.3 Å². The normalized spacial score (nSPS) is 13.6. The van der Waals surface area contributed by atoms with E-state index in [1.165, 1.54) is 6.08 Å². The van der Waals surface area contributed by atoms with Gasteiger partial charge in [0, 0.05) is 21.7 Å². The van der Waals surface area contributed by atoms with Crippen molar-refractivity contribution in [3.63, 3.8) is 0 Å². The van der Waals surface area contributed by atoms with E-state index >= 15 is 0 Å². The molecule has 0 N–H and O–H groups in total. The van der Waals surface area contributed by atoms with Gasteiger partial charge < -0.3 is 4.74 Å². The predicted molar refractivity (Wildman–Crippen MR) is 103 cm³/mol. The van der Waals surface area contributed by atoms with Crippen LogP contribution >= 0.6 is 31.9 Å². The Morgan fingerprint density at radius 1 is 0.800 bits per heavy atom. The second-order valence-corrected chi connectivity index (χ2v) is 7.39. The molecule has 25 heavy (non-hydrogen) atoms. The Kier molecular flexibility index (Phi) is 4.06. The number of halogens is 2. The molecule has 0 heterocycles. The van der Waals surface area contributed by atoms with Gasteiger partial charge in [-0.15, -0.1) is 0 Å². The highest BCUT2D eigenvalue weighted by atomic mass is 79.9. The highest BCUT2D eigenvalue weighted by molar-refractivity contribution is 9.11. The molecule has 122 valence electrons. The highest BCUT2D eigenvalue weighted by Crippen LogP contribution is 2.32. The molecule has 3 aromatic rings. The maximum Gasteiger partial charge on any atom is 0.229 e. The number of ether oxygens (including phenoxy) is 1. The standard InChI is InChI=1S/C20H10Br2O3/c21-13-5-6-18(16(22)9-13)25-19-10-17(23)14-7-11-3-1-2-4-12(11)8-15(14)20(19)24/h1-10H. The van der Waals surface area contributed by atoms with Crippen molar-refractivity contribution < 1.29 is 14.3 Å². The minimum Gasteiger partial charge on any atom is -0.452 e. The number of carbonyl (C=O) groups excluding carboxylic acids is 2. The number of rotatable bonds is 2. The summed E-state index contributed by atoms with van der Waals surface area (Å²) in [6.45, 7) is 0. The van der Waals surface area contributed by atoms with E-state index in [2.05, 4.69) is 31.9 Å². The first-order chi connectivity index (χ1) is 12.0. The fourth-order valence-corrected chi connectivity index (χ4v) is 3.91. The number of hydrogen-bond acceptors (Lipinski definition) is 3. The molecule has 0 radical (unpaired) electrons. The van der Waals surface area contributed by atoms with Gasteiger partial charge in [0.2, 0.25) is 5.78 Å². The Morgan fingerprint density at radius 3 is 2.16 bits per heavy atom. The van der Waals surface area contributed by atoms with Gasteiger partial charge in [0.05, 0.1) is 4.47 Å². The zero-order valence-electron chi connectivity index (χ0n) is 12.8. The molecule has 0 atom stereocenters. The number of fused-ring (bicyclic) bond motifs is 2. The molecular formula is C20H10Br2O3. The van der Waals surface area contributed by atoms with Crippen molar-refractivity contribution in [2.24, 2.45) is 0 Å². The summed E-state index contributed by atoms with van der Waals surface area (Å²) in [5.74, 6) is -0.0330. The SMILES string of the molecule is O=C1C=C(Oc2ccc(Br)cc2Br)C(=O)c2cc3ccccc3cc21. The minimum absolute atomic E-state index is 0.0239. The summed E-state index contributed by atoms with van der Waals surface area (Å²) < 4.78 is 7.28. The van der Waals surface area contributed by atoms with E-state index in [4.69, 9.17) is 4.74 Å². The zero-order valence-corrected chi connectivity index (χ0v) is 15.9. The van der Waals surface area contributed by atoms with Crippen LogP contribution in [-0.2, 0) is 0 Å². The molecule has 4 rings (SSSR count). The first-order valence-electron chi connectivity index (χ1n) is 7.49. The van der Waals surface area contributed by atoms with E-state index in [-0.39, 0.29) is 17.3 Å². The number of carbonyl (C=O) groups is 2. The Hall–Kier alpha value is -2.24. The van der Waals surface area contributed by atoms with Crippen LogP contribution in [0.3, 0.4) is 0 Å². The van der Waals surface area contributed by atoms with Crippen LogP contribution in [0.2, 0.25) is 0 Å². The first kappa shape index (κ1) is 16.2. The molecule has 0 amide bonds. The van der Waals surface area contributed by atoms with Crippen LogP contribution in [-0.4, -0.2) is 11.6 Å². The van der Waals surface area contributed by atoms with Crippen LogP contribution in [0.15, 0.2) is 75.4 Å². The van der Waals surface area contributed by atoms with E-state index < -0.39 is 0 Å². The molecule has 0 fully saturated rings. The molecule has 0 saturated heterocycles. The first-order valence-corrected chi connectivity index (χ1v) is 9.08. The molecule has 0 bridgehead atoms. The van der Waals surface area contributed by atoms with E-state index in [9.17, 15) is 9.59 Å². The predicted octanol–water partition coefficient (Wildman–Crippen LogP) is 5.71. The molecule has 0 aliphatic heterocycles. The van der Waals surface area contributed by atoms with Crippen molar-refractivity contribution in [1.29, 1.82) is 0 Å². The lowest BCUT2D eigenvalue weighted by atomic mass is 9.90. The smallest absolute Gasteiger partial charge is 0.229 e. The second kappa shape index (κ2) is 6.24. The van der Waals surface area contributed by atoms with Crippen molar-refractivity contribution in [3.8, 4) is 5.75 Å². The van der Waals surface area contributed by atoms with Crippen molar-refractivity contribution in [1.82, 2.24) is 0 Å². The summed E-state index contributed by atoms with van der Waals surface area (Å²) in [6, 6.07) is 16.5. The molecule has 0 aromatic heterocycles. The lowest BCUT2D eigenvalue weighted by Crippen LogP contribution is -2.20. The molecule has 1 aliphatic carbocycles. The molecule has 0 unspecified atom stereocenters. The molecular weight excluding hydrogens is 448 g/mol. The van der Waals surface area contributed by atoms with Gasteiger partial charge >= 0.3 is 0 Å². The van der Waals surface area contributed by atoms with Crippen molar-refractivity contribution in [3.05, 3.63) is 86.5 Å². The Bertz CT molecular complexity index is 1080. The van der Waals surface area contributed by atoms with Crippen LogP contribution in [0.4, 0.5) is 0 Å². The molecule has 1 aliphatic rings. The number of benzene rings is 3. The number of ketones is 2. The van der Waals surface area contributed by atoms with Crippen LogP contribution in [0.5, 0.6) is 5.75 Å². The quantitative estimate of drug-likeness (QED) is 0.495. The summed E-state index contributed by atoms with van der Waals surface area (Å²) in [5, 5.41) is 1.84. The second-order valence-electron chi connectivity index (χ2n) is 5.62. The summed E-state index contributed by atoms with van der Waals surface area (Å²) in [5.41, 5.74) is 0.778. The fourth-order valence-electron chi connectivity index (χ4n) is 2.78. The number of hydrogen-bond donors (Lipinski definition) is 0. The van der Waals surface area contributed by atoms with Crippen molar-refractivity contribution >= 4 is 54.2 Å². The summed E-state index contributed by atoms with van der Waals surface area (Å²) >= 11 is 6.76. The van der Waals surface area contributed by atoms with Gasteiger partial charge in [0.15, 0.2) is 11.5 Å². The van der Waals surface area contributed by atoms with Gasteiger partial charge in [0.25, 0.3) is 0 Å². The monoisotopic (exact) mass is 456 g/mol. The zero-order chi connectivity index (χ0) is 17.6. The topological polar surface area (TPSA) is 43.4 Å². The van der Waals surface area contributed by atoms with E-state index in [0.29, 0.717) is 21.3 Å². The summed E-state index contributed by atoms with van der Waals surface area (Å²) in [6.07, 6.45) is 1.26. The van der Waals surface area contributed by atoms with Crippen LogP contribution in [0.1, 0.15) is 20.7 Å². The summed E-state index contributed by atoms with van der Waals surface area (Å²) in [7, 11) is 0. The Balaban J connectivity index is 1.77.